The number of sulfonamides is 1. The molecule has 9 heteroatoms. The van der Waals surface area contributed by atoms with E-state index in [-0.39, 0.29) is 0 Å². The molecule has 0 aliphatic heterocycles. The van der Waals surface area contributed by atoms with Crippen LogP contribution in [0.5, 0.6) is 11.5 Å². The number of hydrazone groups is 1. The molecule has 0 unspecified atom stereocenters. The summed E-state index contributed by atoms with van der Waals surface area (Å²) in [6.45, 7) is 5.44. The second-order valence-corrected chi connectivity index (χ2v) is 8.32. The number of carbonyl (C=O) groups excluding carboxylic acids is 1. The second kappa shape index (κ2) is 10.4. The van der Waals surface area contributed by atoms with Gasteiger partial charge in [-0.2, -0.15) is 5.10 Å². The number of carbonyl (C=O) groups is 1. The molecule has 0 fully saturated rings. The SMILES string of the molecule is C=CCOc1ccc(/C=N\NC(=O)CN(c2ccc(C)cc2)S(C)(=O)=O)cc1OC. The van der Waals surface area contributed by atoms with Crippen molar-refractivity contribution in [3.05, 3.63) is 66.2 Å². The maximum Gasteiger partial charge on any atom is 0.260 e. The van der Waals surface area contributed by atoms with Gasteiger partial charge in [-0.3, -0.25) is 9.10 Å². The van der Waals surface area contributed by atoms with Gasteiger partial charge >= 0.3 is 0 Å². The summed E-state index contributed by atoms with van der Waals surface area (Å²) in [7, 11) is -2.12. The molecular weight excluding hydrogens is 406 g/mol. The third-order valence-electron chi connectivity index (χ3n) is 3.96. The van der Waals surface area contributed by atoms with Crippen LogP contribution < -0.4 is 19.2 Å². The number of nitrogens with zero attached hydrogens (tertiary/aromatic N) is 2. The number of ether oxygens (including phenoxy) is 2. The summed E-state index contributed by atoms with van der Waals surface area (Å²) in [4.78, 5) is 12.2. The number of methoxy groups -OCH3 is 1. The number of anilines is 1. The van der Waals surface area contributed by atoms with Gasteiger partial charge in [-0.05, 0) is 42.8 Å². The van der Waals surface area contributed by atoms with E-state index in [1.807, 2.05) is 6.92 Å². The molecule has 8 nitrogen and oxygen atoms in total. The van der Waals surface area contributed by atoms with Crippen LogP contribution in [0.2, 0.25) is 0 Å². The molecule has 2 aromatic carbocycles. The molecule has 0 aromatic heterocycles. The van der Waals surface area contributed by atoms with E-state index >= 15 is 0 Å². The van der Waals surface area contributed by atoms with Crippen molar-refractivity contribution in [1.29, 1.82) is 0 Å². The maximum absolute atomic E-state index is 12.2. The van der Waals surface area contributed by atoms with Crippen molar-refractivity contribution in [3.63, 3.8) is 0 Å². The van der Waals surface area contributed by atoms with Gasteiger partial charge in [0.15, 0.2) is 11.5 Å². The molecule has 0 heterocycles. The third kappa shape index (κ3) is 6.63. The Hall–Kier alpha value is -3.33. The van der Waals surface area contributed by atoms with E-state index in [9.17, 15) is 13.2 Å². The first-order valence-corrected chi connectivity index (χ1v) is 10.9. The van der Waals surface area contributed by atoms with Crippen LogP contribution in [0.3, 0.4) is 0 Å². The van der Waals surface area contributed by atoms with Gasteiger partial charge in [0.05, 0.1) is 25.3 Å². The molecule has 1 amide bonds. The molecule has 0 saturated heterocycles. The van der Waals surface area contributed by atoms with Gasteiger partial charge in [-0.15, -0.1) is 0 Å². The number of aryl methyl sites for hydroxylation is 1. The summed E-state index contributed by atoms with van der Waals surface area (Å²) < 4.78 is 36.0. The molecule has 0 bridgehead atoms. The highest BCUT2D eigenvalue weighted by atomic mass is 32.2. The average Bonchev–Trinajstić information content (AvgIpc) is 2.71. The van der Waals surface area contributed by atoms with E-state index in [1.54, 1.807) is 48.5 Å². The van der Waals surface area contributed by atoms with E-state index in [4.69, 9.17) is 9.47 Å². The number of hydrogen-bond acceptors (Lipinski definition) is 6. The van der Waals surface area contributed by atoms with Gasteiger partial charge in [-0.1, -0.05) is 30.4 Å². The summed E-state index contributed by atoms with van der Waals surface area (Å²) in [5.74, 6) is 0.491. The fourth-order valence-corrected chi connectivity index (χ4v) is 3.34. The molecule has 30 heavy (non-hydrogen) atoms. The second-order valence-electron chi connectivity index (χ2n) is 6.41. The van der Waals surface area contributed by atoms with E-state index < -0.39 is 22.5 Å². The van der Waals surface area contributed by atoms with Crippen molar-refractivity contribution in [2.45, 2.75) is 6.92 Å². The van der Waals surface area contributed by atoms with E-state index in [1.165, 1.54) is 13.3 Å². The largest absolute Gasteiger partial charge is 0.493 e. The van der Waals surface area contributed by atoms with E-state index in [0.29, 0.717) is 29.4 Å². The van der Waals surface area contributed by atoms with Gasteiger partial charge in [0, 0.05) is 0 Å². The van der Waals surface area contributed by atoms with Crippen molar-refractivity contribution in [1.82, 2.24) is 5.43 Å². The van der Waals surface area contributed by atoms with Crippen molar-refractivity contribution >= 4 is 27.8 Å². The number of amides is 1. The lowest BCUT2D eigenvalue weighted by Crippen LogP contribution is -2.39. The lowest BCUT2D eigenvalue weighted by molar-refractivity contribution is -0.119. The Balaban J connectivity index is 2.05. The van der Waals surface area contributed by atoms with Crippen LogP contribution in [0.15, 0.2) is 60.2 Å². The van der Waals surface area contributed by atoms with Crippen molar-refractivity contribution in [3.8, 4) is 11.5 Å². The fraction of sp³-hybridized carbons (Fsp3) is 0.238. The lowest BCUT2D eigenvalue weighted by Gasteiger charge is -2.21. The molecule has 1 N–H and O–H groups in total. The van der Waals surface area contributed by atoms with Gasteiger partial charge in [0.25, 0.3) is 5.91 Å². The Bertz CT molecular complexity index is 1020. The van der Waals surface area contributed by atoms with Gasteiger partial charge in [0.2, 0.25) is 10.0 Å². The number of rotatable bonds is 10. The Morgan fingerprint density at radius 2 is 1.90 bits per heavy atom. The first-order valence-electron chi connectivity index (χ1n) is 9.02. The molecular formula is C21H25N3O5S. The molecule has 2 rings (SSSR count). The Morgan fingerprint density at radius 1 is 1.20 bits per heavy atom. The summed E-state index contributed by atoms with van der Waals surface area (Å²) in [6, 6.07) is 12.0. The van der Waals surface area contributed by atoms with Crippen LogP contribution in [-0.2, 0) is 14.8 Å². The first-order chi connectivity index (χ1) is 14.2. The van der Waals surface area contributed by atoms with Gasteiger partial charge < -0.3 is 9.47 Å². The number of nitrogens with one attached hydrogen (secondary N) is 1. The molecule has 2 aromatic rings. The zero-order chi connectivity index (χ0) is 22.1. The summed E-state index contributed by atoms with van der Waals surface area (Å²) >= 11 is 0. The minimum atomic E-state index is -3.64. The number of benzene rings is 2. The summed E-state index contributed by atoms with van der Waals surface area (Å²) in [5.41, 5.74) is 4.39. The van der Waals surface area contributed by atoms with Crippen LogP contribution in [0.1, 0.15) is 11.1 Å². The first kappa shape index (κ1) is 23.0. The minimum Gasteiger partial charge on any atom is -0.493 e. The zero-order valence-corrected chi connectivity index (χ0v) is 18.0. The molecule has 0 radical (unpaired) electrons. The van der Waals surface area contributed by atoms with Gasteiger partial charge in [0.1, 0.15) is 13.2 Å². The third-order valence-corrected chi connectivity index (χ3v) is 5.10. The minimum absolute atomic E-state index is 0.345. The lowest BCUT2D eigenvalue weighted by atomic mass is 10.2. The highest BCUT2D eigenvalue weighted by Crippen LogP contribution is 2.27. The highest BCUT2D eigenvalue weighted by Gasteiger charge is 2.20. The van der Waals surface area contributed by atoms with Crippen molar-refractivity contribution < 1.29 is 22.7 Å². The number of hydrogen-bond donors (Lipinski definition) is 1. The molecule has 0 atom stereocenters. The Labute approximate surface area is 176 Å². The zero-order valence-electron chi connectivity index (χ0n) is 17.2. The average molecular weight is 432 g/mol. The van der Waals surface area contributed by atoms with Crippen LogP contribution in [0.25, 0.3) is 0 Å². The predicted molar refractivity (Wildman–Crippen MR) is 118 cm³/mol. The smallest absolute Gasteiger partial charge is 0.260 e. The highest BCUT2D eigenvalue weighted by molar-refractivity contribution is 7.92. The monoisotopic (exact) mass is 431 g/mol. The quantitative estimate of drug-likeness (QED) is 0.354. The van der Waals surface area contributed by atoms with Crippen LogP contribution >= 0.6 is 0 Å². The van der Waals surface area contributed by atoms with Crippen molar-refractivity contribution in [2.24, 2.45) is 5.10 Å². The van der Waals surface area contributed by atoms with Crippen LogP contribution in [0.4, 0.5) is 5.69 Å². The summed E-state index contributed by atoms with van der Waals surface area (Å²) in [5, 5.41) is 3.89. The molecule has 160 valence electrons. The van der Waals surface area contributed by atoms with Crippen molar-refractivity contribution in [2.75, 3.05) is 30.8 Å². The Kier molecular flexibility index (Phi) is 7.99. The fourth-order valence-electron chi connectivity index (χ4n) is 2.49. The van der Waals surface area contributed by atoms with Gasteiger partial charge in [-0.25, -0.2) is 13.8 Å². The predicted octanol–water partition coefficient (Wildman–Crippen LogP) is 2.48. The topological polar surface area (TPSA) is 97.3 Å². The normalized spacial score (nSPS) is 11.2. The summed E-state index contributed by atoms with van der Waals surface area (Å²) in [6.07, 6.45) is 4.10. The Morgan fingerprint density at radius 3 is 2.50 bits per heavy atom. The molecule has 0 spiro atoms. The van der Waals surface area contributed by atoms with Crippen LogP contribution in [-0.4, -0.2) is 47.1 Å². The maximum atomic E-state index is 12.2. The molecule has 0 aliphatic rings. The molecule has 0 saturated carbocycles. The van der Waals surface area contributed by atoms with E-state index in [2.05, 4.69) is 17.1 Å². The van der Waals surface area contributed by atoms with E-state index in [0.717, 1.165) is 16.1 Å². The standard InChI is InChI=1S/C21H25N3O5S/c1-5-12-29-19-11-8-17(13-20(19)28-3)14-22-23-21(25)15-24(30(4,26)27)18-9-6-16(2)7-10-18/h5-11,13-14H,1,12,15H2,2-4H3,(H,23,25)/b22-14-. The van der Waals surface area contributed by atoms with Crippen LogP contribution in [0, 0.1) is 6.92 Å². The molecule has 0 aliphatic carbocycles.